The van der Waals surface area contributed by atoms with E-state index in [1.165, 1.54) is 12.8 Å². The Morgan fingerprint density at radius 2 is 2.12 bits per heavy atom. The Kier molecular flexibility index (Phi) is 5.83. The molecule has 1 unspecified atom stereocenters. The van der Waals surface area contributed by atoms with E-state index >= 15 is 0 Å². The maximum Gasteiger partial charge on any atom is 0.254 e. The van der Waals surface area contributed by atoms with Gasteiger partial charge in [0.15, 0.2) is 0 Å². The van der Waals surface area contributed by atoms with Crippen LogP contribution in [0.25, 0.3) is 0 Å². The smallest absolute Gasteiger partial charge is 0.254 e. The van der Waals surface area contributed by atoms with Crippen LogP contribution in [-0.4, -0.2) is 42.5 Å². The number of hydrogen-bond donors (Lipinski definition) is 2. The van der Waals surface area contributed by atoms with Crippen molar-refractivity contribution in [3.05, 3.63) is 58.4 Å². The van der Waals surface area contributed by atoms with E-state index in [4.69, 9.17) is 17.0 Å². The molecule has 1 saturated heterocycles. The number of aromatic amines is 1. The van der Waals surface area contributed by atoms with Crippen molar-refractivity contribution >= 4 is 18.1 Å². The number of nitrogens with zero attached hydrogens (tertiary/aromatic N) is 1. The molecule has 0 saturated carbocycles. The van der Waals surface area contributed by atoms with E-state index in [2.05, 4.69) is 21.3 Å². The fourth-order valence-electron chi connectivity index (χ4n) is 3.24. The van der Waals surface area contributed by atoms with E-state index < -0.39 is 0 Å². The van der Waals surface area contributed by atoms with Crippen LogP contribution in [0.15, 0.2) is 42.6 Å². The second-order valence-electron chi connectivity index (χ2n) is 6.16. The molecule has 2 aromatic rings. The third-order valence-corrected chi connectivity index (χ3v) is 4.92. The molecule has 0 spiro atoms. The number of hydrogen-bond acceptors (Lipinski definition) is 4. The topological polar surface area (TPSA) is 57.4 Å². The molecular weight excluding hydrogens is 334 g/mol. The Bertz CT molecular complexity index is 784. The van der Waals surface area contributed by atoms with Gasteiger partial charge in [0, 0.05) is 12.7 Å². The molecule has 5 nitrogen and oxygen atoms in total. The van der Waals surface area contributed by atoms with Gasteiger partial charge in [0.25, 0.3) is 5.91 Å². The molecule has 1 amide bonds. The SMILES string of the molecule is COc1cccc(C(CNC(=O)c2ccc[nH]c2=S)N2CCCC2)c1. The molecule has 2 N–H and O–H groups in total. The van der Waals surface area contributed by atoms with Crippen molar-refractivity contribution in [1.82, 2.24) is 15.2 Å². The summed E-state index contributed by atoms with van der Waals surface area (Å²) < 4.78 is 5.81. The minimum Gasteiger partial charge on any atom is -0.497 e. The first-order valence-corrected chi connectivity index (χ1v) is 8.94. The monoisotopic (exact) mass is 357 g/mol. The number of benzene rings is 1. The minimum atomic E-state index is -0.144. The lowest BCUT2D eigenvalue weighted by Crippen LogP contribution is -2.37. The van der Waals surface area contributed by atoms with Crippen molar-refractivity contribution < 1.29 is 9.53 Å². The molecule has 2 heterocycles. The first-order chi connectivity index (χ1) is 12.2. The van der Waals surface area contributed by atoms with Gasteiger partial charge in [0.1, 0.15) is 10.4 Å². The highest BCUT2D eigenvalue weighted by molar-refractivity contribution is 7.71. The van der Waals surface area contributed by atoms with Crippen molar-refractivity contribution in [1.29, 1.82) is 0 Å². The number of ether oxygens (including phenoxy) is 1. The number of H-pyrrole nitrogens is 1. The van der Waals surface area contributed by atoms with Crippen LogP contribution < -0.4 is 10.1 Å². The predicted octanol–water partition coefficient (Wildman–Crippen LogP) is 3.32. The maximum absolute atomic E-state index is 12.5. The van der Waals surface area contributed by atoms with Gasteiger partial charge in [0.05, 0.1) is 18.7 Å². The molecule has 0 radical (unpaired) electrons. The zero-order chi connectivity index (χ0) is 17.6. The molecule has 1 fully saturated rings. The molecule has 132 valence electrons. The number of rotatable bonds is 6. The van der Waals surface area contributed by atoms with Gasteiger partial charge in [-0.05, 0) is 55.8 Å². The molecular formula is C19H23N3O2S. The highest BCUT2D eigenvalue weighted by Crippen LogP contribution is 2.27. The summed E-state index contributed by atoms with van der Waals surface area (Å²) in [5, 5.41) is 3.04. The van der Waals surface area contributed by atoms with Crippen molar-refractivity contribution in [2.75, 3.05) is 26.7 Å². The summed E-state index contributed by atoms with van der Waals surface area (Å²) in [7, 11) is 1.67. The average Bonchev–Trinajstić information content (AvgIpc) is 3.16. The van der Waals surface area contributed by atoms with Gasteiger partial charge in [-0.1, -0.05) is 24.4 Å². The number of pyridine rings is 1. The summed E-state index contributed by atoms with van der Waals surface area (Å²) >= 11 is 5.20. The summed E-state index contributed by atoms with van der Waals surface area (Å²) in [5.74, 6) is 0.687. The highest BCUT2D eigenvalue weighted by atomic mass is 32.1. The molecule has 0 aliphatic carbocycles. The molecule has 25 heavy (non-hydrogen) atoms. The van der Waals surface area contributed by atoms with Crippen LogP contribution in [0.2, 0.25) is 0 Å². The Hall–Kier alpha value is -2.18. The van der Waals surface area contributed by atoms with Crippen LogP contribution in [0, 0.1) is 4.64 Å². The van der Waals surface area contributed by atoms with Crippen molar-refractivity contribution in [2.24, 2.45) is 0 Å². The summed E-state index contributed by atoms with van der Waals surface area (Å²) in [5.41, 5.74) is 1.66. The fourth-order valence-corrected chi connectivity index (χ4v) is 3.47. The normalized spacial score (nSPS) is 15.7. The van der Waals surface area contributed by atoms with E-state index in [1.807, 2.05) is 18.2 Å². The first kappa shape index (κ1) is 17.6. The van der Waals surface area contributed by atoms with Crippen molar-refractivity contribution in [3.8, 4) is 5.75 Å². The largest absolute Gasteiger partial charge is 0.497 e. The summed E-state index contributed by atoms with van der Waals surface area (Å²) in [6.07, 6.45) is 4.11. The zero-order valence-electron chi connectivity index (χ0n) is 14.3. The van der Waals surface area contributed by atoms with Gasteiger partial charge in [-0.25, -0.2) is 0 Å². The predicted molar refractivity (Wildman–Crippen MR) is 101 cm³/mol. The molecule has 3 rings (SSSR count). The van der Waals surface area contributed by atoms with Crippen LogP contribution in [0.4, 0.5) is 0 Å². The van der Waals surface area contributed by atoms with Crippen LogP contribution in [0.1, 0.15) is 34.8 Å². The standard InChI is InChI=1S/C19H23N3O2S/c1-24-15-7-4-6-14(12-15)17(22-10-2-3-11-22)13-21-18(23)16-8-5-9-20-19(16)25/h4-9,12,17H,2-3,10-11,13H2,1H3,(H,20,25)(H,21,23). The van der Waals surface area contributed by atoms with Crippen LogP contribution in [0.5, 0.6) is 5.75 Å². The van der Waals surface area contributed by atoms with Crippen molar-refractivity contribution in [3.63, 3.8) is 0 Å². The Morgan fingerprint density at radius 3 is 2.84 bits per heavy atom. The molecule has 1 aliphatic rings. The Labute approximate surface area is 153 Å². The highest BCUT2D eigenvalue weighted by Gasteiger charge is 2.24. The first-order valence-electron chi connectivity index (χ1n) is 8.53. The molecule has 0 bridgehead atoms. The molecule has 6 heteroatoms. The average molecular weight is 357 g/mol. The zero-order valence-corrected chi connectivity index (χ0v) is 15.1. The summed E-state index contributed by atoms with van der Waals surface area (Å²) in [6.45, 7) is 2.63. The lowest BCUT2D eigenvalue weighted by molar-refractivity contribution is 0.0937. The van der Waals surface area contributed by atoms with Gasteiger partial charge < -0.3 is 15.0 Å². The van der Waals surface area contributed by atoms with Crippen LogP contribution in [0.3, 0.4) is 0 Å². The van der Waals surface area contributed by atoms with Gasteiger partial charge in [-0.3, -0.25) is 9.69 Å². The second-order valence-corrected chi connectivity index (χ2v) is 6.57. The summed E-state index contributed by atoms with van der Waals surface area (Å²) in [4.78, 5) is 17.8. The number of nitrogens with one attached hydrogen (secondary N) is 2. The summed E-state index contributed by atoms with van der Waals surface area (Å²) in [6, 6.07) is 11.7. The molecule has 1 aliphatic heterocycles. The lowest BCUT2D eigenvalue weighted by atomic mass is 10.0. The van der Waals surface area contributed by atoms with Crippen LogP contribution >= 0.6 is 12.2 Å². The Morgan fingerprint density at radius 1 is 1.32 bits per heavy atom. The third-order valence-electron chi connectivity index (χ3n) is 4.58. The van der Waals surface area contributed by atoms with Gasteiger partial charge >= 0.3 is 0 Å². The second kappa shape index (κ2) is 8.27. The van der Waals surface area contributed by atoms with Crippen molar-refractivity contribution in [2.45, 2.75) is 18.9 Å². The molecule has 1 aromatic carbocycles. The van der Waals surface area contributed by atoms with Crippen LogP contribution in [-0.2, 0) is 0 Å². The number of carbonyl (C=O) groups is 1. The van der Waals surface area contributed by atoms with Gasteiger partial charge in [-0.15, -0.1) is 0 Å². The van der Waals surface area contributed by atoms with Gasteiger partial charge in [0.2, 0.25) is 0 Å². The van der Waals surface area contributed by atoms with E-state index in [0.29, 0.717) is 16.7 Å². The number of carbonyl (C=O) groups excluding carboxylic acids is 1. The third kappa shape index (κ3) is 4.27. The number of methoxy groups -OCH3 is 1. The fraction of sp³-hybridized carbons (Fsp3) is 0.368. The lowest BCUT2D eigenvalue weighted by Gasteiger charge is -2.28. The van der Waals surface area contributed by atoms with E-state index in [9.17, 15) is 4.79 Å². The van der Waals surface area contributed by atoms with Gasteiger partial charge in [-0.2, -0.15) is 0 Å². The molecule has 1 atom stereocenters. The number of aromatic nitrogens is 1. The van der Waals surface area contributed by atoms with E-state index in [0.717, 1.165) is 24.4 Å². The van der Waals surface area contributed by atoms with E-state index in [1.54, 1.807) is 25.4 Å². The quantitative estimate of drug-likeness (QED) is 0.779. The van der Waals surface area contributed by atoms with E-state index in [-0.39, 0.29) is 11.9 Å². The molecule has 1 aromatic heterocycles. The number of amides is 1. The minimum absolute atomic E-state index is 0.128. The number of likely N-dealkylation sites (tertiary alicyclic amines) is 1. The Balaban J connectivity index is 1.77. The maximum atomic E-state index is 12.5.